The molecule has 3 rings (SSSR count). The Morgan fingerprint density at radius 2 is 1.70 bits per heavy atom. The van der Waals surface area contributed by atoms with Gasteiger partial charge in [0.2, 0.25) is 11.7 Å². The minimum atomic E-state index is -4.70. The molecule has 3 aromatic rings. The molecule has 0 unspecified atom stereocenters. The van der Waals surface area contributed by atoms with Crippen molar-refractivity contribution >= 4 is 34.4 Å². The van der Waals surface area contributed by atoms with Gasteiger partial charge in [-0.1, -0.05) is 60.3 Å². The molecule has 0 aliphatic rings. The summed E-state index contributed by atoms with van der Waals surface area (Å²) in [6, 6.07) is 14.8. The van der Waals surface area contributed by atoms with Gasteiger partial charge in [0.05, 0.1) is 17.3 Å². The van der Waals surface area contributed by atoms with Crippen LogP contribution in [0.5, 0.6) is 0 Å². The highest BCUT2D eigenvalue weighted by Crippen LogP contribution is 2.31. The number of carbonyl (C=O) groups is 2. The average Bonchev–Trinajstić information content (AvgIpc) is 2.71. The van der Waals surface area contributed by atoms with Crippen molar-refractivity contribution in [3.8, 4) is 0 Å². The van der Waals surface area contributed by atoms with E-state index >= 15 is 0 Å². The highest BCUT2D eigenvalue weighted by Gasteiger charge is 2.35. The maximum Gasteiger partial charge on any atom is 0.451 e. The number of aromatic nitrogens is 2. The van der Waals surface area contributed by atoms with Gasteiger partial charge in [0.1, 0.15) is 5.03 Å². The van der Waals surface area contributed by atoms with E-state index < -0.39 is 23.9 Å². The van der Waals surface area contributed by atoms with E-state index in [1.807, 2.05) is 30.3 Å². The first-order chi connectivity index (χ1) is 14.2. The molecule has 0 saturated heterocycles. The van der Waals surface area contributed by atoms with Crippen LogP contribution < -0.4 is 5.32 Å². The van der Waals surface area contributed by atoms with Gasteiger partial charge >= 0.3 is 6.18 Å². The summed E-state index contributed by atoms with van der Waals surface area (Å²) in [7, 11) is 0. The Morgan fingerprint density at radius 3 is 2.37 bits per heavy atom. The third-order valence-corrected chi connectivity index (χ3v) is 5.26. The second kappa shape index (κ2) is 9.25. The monoisotopic (exact) mass is 433 g/mol. The van der Waals surface area contributed by atoms with E-state index in [9.17, 15) is 22.8 Å². The maximum atomic E-state index is 13.1. The highest BCUT2D eigenvalue weighted by molar-refractivity contribution is 8.00. The second-order valence-corrected chi connectivity index (χ2v) is 7.54. The van der Waals surface area contributed by atoms with Crippen LogP contribution in [0.1, 0.15) is 18.3 Å². The van der Waals surface area contributed by atoms with E-state index in [0.29, 0.717) is 11.8 Å². The summed E-state index contributed by atoms with van der Waals surface area (Å²) in [6.07, 6.45) is -4.36. The van der Waals surface area contributed by atoms with Crippen molar-refractivity contribution < 1.29 is 22.8 Å². The molecular weight excluding hydrogens is 415 g/mol. The third kappa shape index (κ3) is 5.56. The van der Waals surface area contributed by atoms with E-state index in [0.717, 1.165) is 17.3 Å². The number of para-hydroxylation sites is 1. The van der Waals surface area contributed by atoms with Crippen molar-refractivity contribution in [1.29, 1.82) is 0 Å². The van der Waals surface area contributed by atoms with Crippen LogP contribution in [0.3, 0.4) is 0 Å². The number of fused-ring (bicyclic) bond motifs is 1. The Hall–Kier alpha value is -2.94. The number of hydrogen-bond donors (Lipinski definition) is 1. The van der Waals surface area contributed by atoms with Crippen LogP contribution in [0.15, 0.2) is 59.6 Å². The van der Waals surface area contributed by atoms with Gasteiger partial charge in [0.25, 0.3) is 0 Å². The van der Waals surface area contributed by atoms with Crippen LogP contribution in [0.2, 0.25) is 0 Å². The molecule has 156 valence electrons. The van der Waals surface area contributed by atoms with Crippen LogP contribution >= 0.6 is 11.8 Å². The lowest BCUT2D eigenvalue weighted by Gasteiger charge is -2.16. The lowest BCUT2D eigenvalue weighted by molar-refractivity contribution is -0.145. The fraction of sp³-hybridized carbons (Fsp3) is 0.238. The van der Waals surface area contributed by atoms with Crippen molar-refractivity contribution in [2.24, 2.45) is 0 Å². The lowest BCUT2D eigenvalue weighted by Crippen LogP contribution is -2.42. The second-order valence-electron chi connectivity index (χ2n) is 6.58. The summed E-state index contributed by atoms with van der Waals surface area (Å²) in [5, 5.41) is 3.14. The molecule has 0 spiro atoms. The summed E-state index contributed by atoms with van der Waals surface area (Å²) in [6.45, 7) is 1.38. The average molecular weight is 433 g/mol. The molecule has 1 amide bonds. The first-order valence-electron chi connectivity index (χ1n) is 9.04. The normalized spacial score (nSPS) is 12.5. The Labute approximate surface area is 175 Å². The molecule has 1 heterocycles. The molecule has 1 aromatic heterocycles. The fourth-order valence-corrected chi connectivity index (χ4v) is 3.63. The number of alkyl halides is 3. The summed E-state index contributed by atoms with van der Waals surface area (Å²) < 4.78 is 39.3. The molecule has 1 N–H and O–H groups in total. The summed E-state index contributed by atoms with van der Waals surface area (Å²) in [4.78, 5) is 31.5. The molecule has 1 atom stereocenters. The van der Waals surface area contributed by atoms with Gasteiger partial charge in [-0.3, -0.25) is 9.59 Å². The predicted octanol–water partition coefficient (Wildman–Crippen LogP) is 4.06. The standard InChI is InChI=1S/C21H18F3N3O2S/c1-13(28)17(11-14-7-3-2-4-8-14)25-18(29)12-30-19-15-9-5-6-10-16(15)26-20(27-19)21(22,23)24/h2-10,17H,11-12H2,1H3,(H,25,29)/t17-/m0/s1. The molecule has 0 fully saturated rings. The Balaban J connectivity index is 1.73. The molecule has 0 aliphatic heterocycles. The van der Waals surface area contributed by atoms with Crippen LogP contribution in [0.4, 0.5) is 13.2 Å². The van der Waals surface area contributed by atoms with Crippen LogP contribution in [0.25, 0.3) is 10.9 Å². The topological polar surface area (TPSA) is 72.0 Å². The van der Waals surface area contributed by atoms with Crippen LogP contribution in [-0.2, 0) is 22.2 Å². The Kier molecular flexibility index (Phi) is 6.71. The van der Waals surface area contributed by atoms with E-state index in [4.69, 9.17) is 0 Å². The molecule has 9 heteroatoms. The number of rotatable bonds is 7. The Morgan fingerprint density at radius 1 is 1.03 bits per heavy atom. The summed E-state index contributed by atoms with van der Waals surface area (Å²) >= 11 is 0.874. The largest absolute Gasteiger partial charge is 0.451 e. The molecular formula is C21H18F3N3O2S. The lowest BCUT2D eigenvalue weighted by atomic mass is 10.0. The SMILES string of the molecule is CC(=O)[C@H](Cc1ccccc1)NC(=O)CSc1nc(C(F)(F)F)nc2ccccc12. The zero-order chi connectivity index (χ0) is 21.7. The molecule has 0 radical (unpaired) electrons. The van der Waals surface area contributed by atoms with E-state index in [-0.39, 0.29) is 22.1 Å². The zero-order valence-corrected chi connectivity index (χ0v) is 16.8. The number of halogens is 3. The van der Waals surface area contributed by atoms with Crippen molar-refractivity contribution in [2.75, 3.05) is 5.75 Å². The molecule has 5 nitrogen and oxygen atoms in total. The van der Waals surface area contributed by atoms with Crippen molar-refractivity contribution in [2.45, 2.75) is 30.6 Å². The number of nitrogens with one attached hydrogen (secondary N) is 1. The number of ketones is 1. The van der Waals surface area contributed by atoms with Crippen LogP contribution in [0, 0.1) is 0 Å². The molecule has 30 heavy (non-hydrogen) atoms. The fourth-order valence-electron chi connectivity index (χ4n) is 2.80. The smallest absolute Gasteiger partial charge is 0.345 e. The van der Waals surface area contributed by atoms with Gasteiger partial charge in [-0.05, 0) is 25.0 Å². The van der Waals surface area contributed by atoms with Crippen molar-refractivity contribution in [3.05, 3.63) is 66.0 Å². The molecule has 0 saturated carbocycles. The summed E-state index contributed by atoms with van der Waals surface area (Å²) in [5.41, 5.74) is 1.04. The van der Waals surface area contributed by atoms with E-state index in [1.54, 1.807) is 18.2 Å². The van der Waals surface area contributed by atoms with Crippen molar-refractivity contribution in [1.82, 2.24) is 15.3 Å². The predicted molar refractivity (Wildman–Crippen MR) is 108 cm³/mol. The maximum absolute atomic E-state index is 13.1. The number of hydrogen-bond acceptors (Lipinski definition) is 5. The number of benzene rings is 2. The van der Waals surface area contributed by atoms with E-state index in [1.165, 1.54) is 13.0 Å². The van der Waals surface area contributed by atoms with Crippen molar-refractivity contribution in [3.63, 3.8) is 0 Å². The highest BCUT2D eigenvalue weighted by atomic mass is 32.2. The minimum Gasteiger partial charge on any atom is -0.345 e. The van der Waals surface area contributed by atoms with E-state index in [2.05, 4.69) is 15.3 Å². The van der Waals surface area contributed by atoms with Gasteiger partial charge in [0.15, 0.2) is 5.78 Å². The van der Waals surface area contributed by atoms with Crippen LogP contribution in [-0.4, -0.2) is 33.5 Å². The van der Waals surface area contributed by atoms with Gasteiger partial charge < -0.3 is 5.32 Å². The third-order valence-electron chi connectivity index (χ3n) is 4.27. The minimum absolute atomic E-state index is 0.0607. The van der Waals surface area contributed by atoms with Gasteiger partial charge in [0, 0.05) is 5.39 Å². The zero-order valence-electron chi connectivity index (χ0n) is 15.9. The number of amides is 1. The number of Topliss-reactive ketones (excluding diaryl/α,β-unsaturated/α-hetero) is 1. The van der Waals surface area contributed by atoms with Gasteiger partial charge in [-0.2, -0.15) is 13.2 Å². The quantitative estimate of drug-likeness (QED) is 0.450. The summed E-state index contributed by atoms with van der Waals surface area (Å²) in [5.74, 6) is -2.11. The number of nitrogens with zero attached hydrogens (tertiary/aromatic N) is 2. The number of thioether (sulfide) groups is 1. The molecule has 0 bridgehead atoms. The molecule has 0 aliphatic carbocycles. The van der Waals surface area contributed by atoms with Gasteiger partial charge in [-0.25, -0.2) is 9.97 Å². The molecule has 2 aromatic carbocycles. The van der Waals surface area contributed by atoms with Gasteiger partial charge in [-0.15, -0.1) is 0 Å². The first kappa shape index (κ1) is 21.8. The first-order valence-corrected chi connectivity index (χ1v) is 10.0. The Bertz CT molecular complexity index is 1060. The number of carbonyl (C=O) groups excluding carboxylic acids is 2.